The first-order chi connectivity index (χ1) is 6.79. The van der Waals surface area contributed by atoms with E-state index in [-0.39, 0.29) is 12.4 Å². The van der Waals surface area contributed by atoms with E-state index in [0.29, 0.717) is 11.9 Å². The van der Waals surface area contributed by atoms with Crippen molar-refractivity contribution in [3.05, 3.63) is 12.4 Å². The molecule has 0 amide bonds. The molecule has 15 heavy (non-hydrogen) atoms. The quantitative estimate of drug-likeness (QED) is 0.811. The minimum atomic E-state index is 0. The first kappa shape index (κ1) is 12.0. The van der Waals surface area contributed by atoms with Gasteiger partial charge < -0.3 is 15.4 Å². The van der Waals surface area contributed by atoms with Crippen LogP contribution in [-0.2, 0) is 4.74 Å². The smallest absolute Gasteiger partial charge is 0.149 e. The van der Waals surface area contributed by atoms with Crippen LogP contribution in [0.25, 0.3) is 0 Å². The van der Waals surface area contributed by atoms with E-state index in [1.165, 1.54) is 0 Å². The predicted molar refractivity (Wildman–Crippen MR) is 61.3 cm³/mol. The van der Waals surface area contributed by atoms with Gasteiger partial charge in [0, 0.05) is 20.2 Å². The number of aromatic nitrogens is 2. The summed E-state index contributed by atoms with van der Waals surface area (Å²) >= 11 is 0. The lowest BCUT2D eigenvalue weighted by Crippen LogP contribution is -2.23. The molecule has 0 spiro atoms. The van der Waals surface area contributed by atoms with Crippen LogP contribution in [-0.4, -0.2) is 36.3 Å². The Hall–Kier alpha value is -1.07. The lowest BCUT2D eigenvalue weighted by molar-refractivity contribution is 0.121. The highest BCUT2D eigenvalue weighted by Crippen LogP contribution is 2.19. The zero-order valence-corrected chi connectivity index (χ0v) is 9.41. The van der Waals surface area contributed by atoms with Gasteiger partial charge in [0.25, 0.3) is 0 Å². The summed E-state index contributed by atoms with van der Waals surface area (Å²) in [5.74, 6) is 1.30. The summed E-state index contributed by atoms with van der Waals surface area (Å²) < 4.78 is 5.27. The Morgan fingerprint density at radius 3 is 2.93 bits per heavy atom. The van der Waals surface area contributed by atoms with Gasteiger partial charge in [-0.05, 0) is 6.42 Å². The van der Waals surface area contributed by atoms with Crippen molar-refractivity contribution >= 4 is 24.0 Å². The number of ether oxygens (including phenoxy) is 1. The number of nitrogens with two attached hydrogens (primary N) is 1. The van der Waals surface area contributed by atoms with E-state index in [2.05, 4.69) is 14.9 Å². The molecule has 6 heteroatoms. The maximum Gasteiger partial charge on any atom is 0.149 e. The highest BCUT2D eigenvalue weighted by atomic mass is 35.5. The third-order valence-corrected chi connectivity index (χ3v) is 2.44. The van der Waals surface area contributed by atoms with Crippen molar-refractivity contribution in [2.24, 2.45) is 0 Å². The summed E-state index contributed by atoms with van der Waals surface area (Å²) in [6.07, 6.45) is 4.62. The van der Waals surface area contributed by atoms with Gasteiger partial charge in [0.1, 0.15) is 11.6 Å². The zero-order chi connectivity index (χ0) is 9.97. The van der Waals surface area contributed by atoms with Gasteiger partial charge in [0.2, 0.25) is 0 Å². The first-order valence-corrected chi connectivity index (χ1v) is 4.65. The maximum atomic E-state index is 5.56. The van der Waals surface area contributed by atoms with E-state index >= 15 is 0 Å². The van der Waals surface area contributed by atoms with Crippen molar-refractivity contribution < 1.29 is 4.74 Å². The molecular formula is C9H15ClN4O. The molecule has 2 rings (SSSR count). The highest BCUT2D eigenvalue weighted by Gasteiger charge is 2.23. The molecule has 1 atom stereocenters. The minimum absolute atomic E-state index is 0. The predicted octanol–water partition coefficient (Wildman–Crippen LogP) is 0.706. The summed E-state index contributed by atoms with van der Waals surface area (Å²) in [6.45, 7) is 1.82. The molecule has 1 aliphatic heterocycles. The van der Waals surface area contributed by atoms with Gasteiger partial charge >= 0.3 is 0 Å². The van der Waals surface area contributed by atoms with Crippen LogP contribution in [0.15, 0.2) is 12.4 Å². The van der Waals surface area contributed by atoms with Gasteiger partial charge in [0.15, 0.2) is 0 Å². The molecule has 84 valence electrons. The van der Waals surface area contributed by atoms with Crippen LogP contribution in [0, 0.1) is 0 Å². The summed E-state index contributed by atoms with van der Waals surface area (Å²) in [7, 11) is 1.74. The monoisotopic (exact) mass is 230 g/mol. The van der Waals surface area contributed by atoms with E-state index in [0.717, 1.165) is 25.3 Å². The fourth-order valence-electron chi connectivity index (χ4n) is 1.65. The topological polar surface area (TPSA) is 64.3 Å². The summed E-state index contributed by atoms with van der Waals surface area (Å²) in [6, 6.07) is 0. The Labute approximate surface area is 95.1 Å². The number of halogens is 1. The molecule has 0 saturated carbocycles. The Morgan fingerprint density at radius 1 is 1.53 bits per heavy atom. The number of rotatable bonds is 2. The van der Waals surface area contributed by atoms with Gasteiger partial charge in [-0.1, -0.05) is 0 Å². The van der Waals surface area contributed by atoms with E-state index in [1.54, 1.807) is 19.5 Å². The second kappa shape index (κ2) is 5.14. The van der Waals surface area contributed by atoms with Crippen LogP contribution in [0.1, 0.15) is 6.42 Å². The molecule has 2 heterocycles. The third-order valence-electron chi connectivity index (χ3n) is 2.44. The van der Waals surface area contributed by atoms with Crippen molar-refractivity contribution in [3.8, 4) is 0 Å². The molecule has 0 aromatic carbocycles. The van der Waals surface area contributed by atoms with Crippen LogP contribution in [0.3, 0.4) is 0 Å². The van der Waals surface area contributed by atoms with E-state index in [9.17, 15) is 0 Å². The van der Waals surface area contributed by atoms with Gasteiger partial charge in [0.05, 0.1) is 18.5 Å². The molecule has 1 fully saturated rings. The highest BCUT2D eigenvalue weighted by molar-refractivity contribution is 5.85. The summed E-state index contributed by atoms with van der Waals surface area (Å²) in [5, 5.41) is 0. The molecule has 0 aliphatic carbocycles. The van der Waals surface area contributed by atoms with Gasteiger partial charge in [-0.2, -0.15) is 0 Å². The number of nitrogen functional groups attached to an aromatic ring is 1. The van der Waals surface area contributed by atoms with Gasteiger partial charge in [-0.25, -0.2) is 4.98 Å². The van der Waals surface area contributed by atoms with Crippen molar-refractivity contribution in [1.82, 2.24) is 9.97 Å². The zero-order valence-electron chi connectivity index (χ0n) is 8.59. The number of hydrogen-bond donors (Lipinski definition) is 1. The number of methoxy groups -OCH3 is 1. The lowest BCUT2D eigenvalue weighted by Gasteiger charge is -2.16. The summed E-state index contributed by atoms with van der Waals surface area (Å²) in [4.78, 5) is 10.4. The van der Waals surface area contributed by atoms with Gasteiger partial charge in [-0.3, -0.25) is 4.98 Å². The van der Waals surface area contributed by atoms with Crippen molar-refractivity contribution in [2.45, 2.75) is 12.5 Å². The number of nitrogens with zero attached hydrogens (tertiary/aromatic N) is 3. The SMILES string of the molecule is CO[C@H]1CCN(c2cncc(N)n2)C1.Cl. The van der Waals surface area contributed by atoms with E-state index in [1.807, 2.05) is 0 Å². The fraction of sp³-hybridized carbons (Fsp3) is 0.556. The molecule has 0 unspecified atom stereocenters. The molecule has 1 aliphatic rings. The van der Waals surface area contributed by atoms with Crippen LogP contribution < -0.4 is 10.6 Å². The van der Waals surface area contributed by atoms with Crippen LogP contribution >= 0.6 is 12.4 Å². The Bertz CT molecular complexity index is 323. The molecular weight excluding hydrogens is 216 g/mol. The molecule has 1 saturated heterocycles. The van der Waals surface area contributed by atoms with Crippen LogP contribution in [0.2, 0.25) is 0 Å². The standard InChI is InChI=1S/C9H14N4O.ClH/c1-14-7-2-3-13(6-7)9-5-11-4-8(10)12-9;/h4-5,7H,2-3,6H2,1H3,(H2,10,12);1H/t7-;/m0./s1. The Morgan fingerprint density at radius 2 is 2.33 bits per heavy atom. The molecule has 1 aromatic rings. The average Bonchev–Trinajstić information content (AvgIpc) is 2.66. The Balaban J connectivity index is 0.00000112. The maximum absolute atomic E-state index is 5.56. The third kappa shape index (κ3) is 2.70. The second-order valence-electron chi connectivity index (χ2n) is 3.39. The molecule has 1 aromatic heterocycles. The molecule has 2 N–H and O–H groups in total. The van der Waals surface area contributed by atoms with Crippen molar-refractivity contribution in [3.63, 3.8) is 0 Å². The number of anilines is 2. The largest absolute Gasteiger partial charge is 0.382 e. The summed E-state index contributed by atoms with van der Waals surface area (Å²) in [5.41, 5.74) is 5.56. The average molecular weight is 231 g/mol. The van der Waals surface area contributed by atoms with E-state index in [4.69, 9.17) is 10.5 Å². The van der Waals surface area contributed by atoms with Crippen molar-refractivity contribution in [1.29, 1.82) is 0 Å². The number of hydrogen-bond acceptors (Lipinski definition) is 5. The van der Waals surface area contributed by atoms with Crippen LogP contribution in [0.5, 0.6) is 0 Å². The van der Waals surface area contributed by atoms with Crippen LogP contribution in [0.4, 0.5) is 11.6 Å². The molecule has 0 bridgehead atoms. The van der Waals surface area contributed by atoms with Crippen molar-refractivity contribution in [2.75, 3.05) is 30.8 Å². The fourth-order valence-corrected chi connectivity index (χ4v) is 1.65. The van der Waals surface area contributed by atoms with Gasteiger partial charge in [-0.15, -0.1) is 12.4 Å². The van der Waals surface area contributed by atoms with E-state index < -0.39 is 0 Å². The normalized spacial score (nSPS) is 20.1. The Kier molecular flexibility index (Phi) is 4.11. The molecule has 0 radical (unpaired) electrons. The minimum Gasteiger partial charge on any atom is -0.382 e. The first-order valence-electron chi connectivity index (χ1n) is 4.65. The lowest BCUT2D eigenvalue weighted by atomic mass is 10.3. The second-order valence-corrected chi connectivity index (χ2v) is 3.39. The molecule has 5 nitrogen and oxygen atoms in total.